The van der Waals surface area contributed by atoms with Crippen LogP contribution in [0.2, 0.25) is 0 Å². The minimum Gasteiger partial charge on any atom is -0.464 e. The molecule has 1 atom stereocenters. The molecule has 7 nitrogen and oxygen atoms in total. The van der Waals surface area contributed by atoms with Crippen molar-refractivity contribution in [2.45, 2.75) is 33.6 Å². The molecule has 0 bridgehead atoms. The number of aromatic nitrogens is 2. The minimum absolute atomic E-state index is 0.00388. The molecule has 0 spiro atoms. The maximum absolute atomic E-state index is 12.2. The predicted molar refractivity (Wildman–Crippen MR) is 77.0 cm³/mol. The average Bonchev–Trinajstić information content (AvgIpc) is 2.44. The standard InChI is InChI=1S/C14H20N4O3/c1-4-21-14-16-8(2)12(9(3)17-14)18-13(20)10-5-6-11(19)15-7-10/h10H,4-7H2,1-3H3,(H,15,19)(H,18,20). The maximum Gasteiger partial charge on any atom is 0.316 e. The molecule has 114 valence electrons. The van der Waals surface area contributed by atoms with Crippen LogP contribution in [0, 0.1) is 19.8 Å². The Morgan fingerprint density at radius 2 is 2.05 bits per heavy atom. The van der Waals surface area contributed by atoms with Gasteiger partial charge in [0.1, 0.15) is 0 Å². The van der Waals surface area contributed by atoms with Gasteiger partial charge in [-0.25, -0.2) is 0 Å². The number of amides is 2. The van der Waals surface area contributed by atoms with Crippen LogP contribution in [0.15, 0.2) is 0 Å². The number of aryl methyl sites for hydroxylation is 2. The number of nitrogens with zero attached hydrogens (tertiary/aromatic N) is 2. The van der Waals surface area contributed by atoms with Crippen molar-refractivity contribution in [3.05, 3.63) is 11.4 Å². The lowest BCUT2D eigenvalue weighted by Crippen LogP contribution is -2.40. The number of nitrogens with one attached hydrogen (secondary N) is 2. The molecular formula is C14H20N4O3. The van der Waals surface area contributed by atoms with Gasteiger partial charge in [-0.05, 0) is 27.2 Å². The molecular weight excluding hydrogens is 272 g/mol. The fourth-order valence-electron chi connectivity index (χ4n) is 2.24. The number of ether oxygens (including phenoxy) is 1. The summed E-state index contributed by atoms with van der Waals surface area (Å²) in [5.74, 6) is -0.335. The van der Waals surface area contributed by atoms with E-state index in [1.165, 1.54) is 0 Å². The number of anilines is 1. The predicted octanol–water partition coefficient (Wildman–Crippen LogP) is 0.957. The molecule has 0 aromatic carbocycles. The van der Waals surface area contributed by atoms with Crippen LogP contribution in [0.25, 0.3) is 0 Å². The average molecular weight is 292 g/mol. The molecule has 1 aromatic rings. The first-order valence-corrected chi connectivity index (χ1v) is 7.06. The molecule has 7 heteroatoms. The second-order valence-electron chi connectivity index (χ2n) is 5.01. The summed E-state index contributed by atoms with van der Waals surface area (Å²) in [6, 6.07) is 0.315. The van der Waals surface area contributed by atoms with Gasteiger partial charge < -0.3 is 15.4 Å². The minimum atomic E-state index is -0.215. The van der Waals surface area contributed by atoms with Gasteiger partial charge in [-0.2, -0.15) is 9.97 Å². The molecule has 1 fully saturated rings. The molecule has 1 aliphatic heterocycles. The zero-order chi connectivity index (χ0) is 15.4. The van der Waals surface area contributed by atoms with Crippen LogP contribution in [0.5, 0.6) is 6.01 Å². The summed E-state index contributed by atoms with van der Waals surface area (Å²) >= 11 is 0. The second kappa shape index (κ2) is 6.51. The van der Waals surface area contributed by atoms with Crippen molar-refractivity contribution < 1.29 is 14.3 Å². The largest absolute Gasteiger partial charge is 0.464 e. The van der Waals surface area contributed by atoms with Crippen LogP contribution < -0.4 is 15.4 Å². The van der Waals surface area contributed by atoms with E-state index >= 15 is 0 Å². The summed E-state index contributed by atoms with van der Waals surface area (Å²) in [5, 5.41) is 5.56. The van der Waals surface area contributed by atoms with Gasteiger partial charge in [-0.3, -0.25) is 9.59 Å². The first kappa shape index (κ1) is 15.2. The third-order valence-electron chi connectivity index (χ3n) is 3.41. The van der Waals surface area contributed by atoms with E-state index in [0.717, 1.165) is 0 Å². The van der Waals surface area contributed by atoms with E-state index in [0.29, 0.717) is 49.1 Å². The molecule has 1 saturated heterocycles. The van der Waals surface area contributed by atoms with Crippen molar-refractivity contribution in [3.63, 3.8) is 0 Å². The normalized spacial score (nSPS) is 18.0. The quantitative estimate of drug-likeness (QED) is 0.862. The molecule has 1 aliphatic rings. The lowest BCUT2D eigenvalue weighted by Gasteiger charge is -2.22. The highest BCUT2D eigenvalue weighted by Gasteiger charge is 2.25. The molecule has 0 aliphatic carbocycles. The van der Waals surface area contributed by atoms with Gasteiger partial charge in [-0.15, -0.1) is 0 Å². The van der Waals surface area contributed by atoms with Crippen molar-refractivity contribution in [3.8, 4) is 6.01 Å². The number of hydrogen-bond donors (Lipinski definition) is 2. The number of hydrogen-bond acceptors (Lipinski definition) is 5. The van der Waals surface area contributed by atoms with E-state index in [9.17, 15) is 9.59 Å². The zero-order valence-corrected chi connectivity index (χ0v) is 12.5. The van der Waals surface area contributed by atoms with E-state index in [2.05, 4.69) is 20.6 Å². The van der Waals surface area contributed by atoms with Gasteiger partial charge in [0.2, 0.25) is 11.8 Å². The summed E-state index contributed by atoms with van der Waals surface area (Å²) in [5.41, 5.74) is 1.94. The fraction of sp³-hybridized carbons (Fsp3) is 0.571. The Labute approximate surface area is 123 Å². The Morgan fingerprint density at radius 3 is 2.57 bits per heavy atom. The van der Waals surface area contributed by atoms with Gasteiger partial charge in [-0.1, -0.05) is 0 Å². The molecule has 0 radical (unpaired) electrons. The highest BCUT2D eigenvalue weighted by molar-refractivity contribution is 5.94. The van der Waals surface area contributed by atoms with Crippen LogP contribution in [-0.2, 0) is 9.59 Å². The van der Waals surface area contributed by atoms with Crippen molar-refractivity contribution in [2.24, 2.45) is 5.92 Å². The van der Waals surface area contributed by atoms with Gasteiger partial charge in [0.15, 0.2) is 0 Å². The van der Waals surface area contributed by atoms with E-state index in [1.54, 1.807) is 13.8 Å². The van der Waals surface area contributed by atoms with Gasteiger partial charge in [0, 0.05) is 13.0 Å². The van der Waals surface area contributed by atoms with Crippen LogP contribution >= 0.6 is 0 Å². The molecule has 2 N–H and O–H groups in total. The third kappa shape index (κ3) is 3.68. The van der Waals surface area contributed by atoms with Crippen molar-refractivity contribution in [2.75, 3.05) is 18.5 Å². The van der Waals surface area contributed by atoms with Crippen LogP contribution in [0.1, 0.15) is 31.2 Å². The van der Waals surface area contributed by atoms with Crippen LogP contribution in [0.4, 0.5) is 5.69 Å². The van der Waals surface area contributed by atoms with Gasteiger partial charge in [0.25, 0.3) is 0 Å². The van der Waals surface area contributed by atoms with Crippen molar-refractivity contribution in [1.82, 2.24) is 15.3 Å². The highest BCUT2D eigenvalue weighted by Crippen LogP contribution is 2.21. The Bertz CT molecular complexity index is 526. The lowest BCUT2D eigenvalue weighted by molar-refractivity contribution is -0.126. The van der Waals surface area contributed by atoms with Gasteiger partial charge >= 0.3 is 6.01 Å². The molecule has 1 unspecified atom stereocenters. The summed E-state index contributed by atoms with van der Waals surface area (Å²) < 4.78 is 5.27. The SMILES string of the molecule is CCOc1nc(C)c(NC(=O)C2CCC(=O)NC2)c(C)n1. The second-order valence-corrected chi connectivity index (χ2v) is 5.01. The Balaban J connectivity index is 2.08. The monoisotopic (exact) mass is 292 g/mol. The maximum atomic E-state index is 12.2. The number of carbonyl (C=O) groups excluding carboxylic acids is 2. The Morgan fingerprint density at radius 1 is 1.38 bits per heavy atom. The van der Waals surface area contributed by atoms with E-state index in [1.807, 2.05) is 6.92 Å². The Hall–Kier alpha value is -2.18. The summed E-state index contributed by atoms with van der Waals surface area (Å²) in [6.45, 7) is 6.33. The molecule has 21 heavy (non-hydrogen) atoms. The molecule has 2 amide bonds. The Kier molecular flexibility index (Phi) is 4.72. The topological polar surface area (TPSA) is 93.2 Å². The fourth-order valence-corrected chi connectivity index (χ4v) is 2.24. The van der Waals surface area contributed by atoms with Crippen LogP contribution in [-0.4, -0.2) is 34.9 Å². The van der Waals surface area contributed by atoms with E-state index in [-0.39, 0.29) is 17.7 Å². The molecule has 1 aromatic heterocycles. The van der Waals surface area contributed by atoms with E-state index < -0.39 is 0 Å². The van der Waals surface area contributed by atoms with Crippen molar-refractivity contribution >= 4 is 17.5 Å². The zero-order valence-electron chi connectivity index (χ0n) is 12.5. The lowest BCUT2D eigenvalue weighted by atomic mass is 9.98. The molecule has 2 rings (SSSR count). The number of rotatable bonds is 4. The van der Waals surface area contributed by atoms with Crippen LogP contribution in [0.3, 0.4) is 0 Å². The number of carbonyl (C=O) groups is 2. The summed E-state index contributed by atoms with van der Waals surface area (Å²) in [6.07, 6.45) is 0.948. The number of piperidine rings is 1. The third-order valence-corrected chi connectivity index (χ3v) is 3.41. The highest BCUT2D eigenvalue weighted by atomic mass is 16.5. The summed E-state index contributed by atoms with van der Waals surface area (Å²) in [4.78, 5) is 31.8. The van der Waals surface area contributed by atoms with Gasteiger partial charge in [0.05, 0.1) is 29.6 Å². The summed E-state index contributed by atoms with van der Waals surface area (Å²) in [7, 11) is 0. The van der Waals surface area contributed by atoms with Crippen molar-refractivity contribution in [1.29, 1.82) is 0 Å². The first-order valence-electron chi connectivity index (χ1n) is 7.06. The molecule has 0 saturated carbocycles. The molecule has 2 heterocycles. The first-order chi connectivity index (χ1) is 10.0. The van der Waals surface area contributed by atoms with E-state index in [4.69, 9.17) is 4.74 Å². The smallest absolute Gasteiger partial charge is 0.316 e.